The number of thiophene rings is 1. The fourth-order valence-electron chi connectivity index (χ4n) is 2.65. The highest BCUT2D eigenvalue weighted by Crippen LogP contribution is 2.30. The first-order valence-corrected chi connectivity index (χ1v) is 8.09. The van der Waals surface area contributed by atoms with Crippen LogP contribution in [-0.4, -0.2) is 18.6 Å². The van der Waals surface area contributed by atoms with Crippen molar-refractivity contribution >= 4 is 17.2 Å². The summed E-state index contributed by atoms with van der Waals surface area (Å²) in [6.07, 6.45) is 0.457. The van der Waals surface area contributed by atoms with Crippen LogP contribution in [0, 0.1) is 11.6 Å². The number of ether oxygens (including phenoxy) is 1. The lowest BCUT2D eigenvalue weighted by Crippen LogP contribution is -2.31. The van der Waals surface area contributed by atoms with Gasteiger partial charge in [0.05, 0.1) is 11.7 Å². The number of nitrogens with one attached hydrogen (secondary N) is 1. The molecule has 1 aliphatic heterocycles. The van der Waals surface area contributed by atoms with Crippen LogP contribution in [0.25, 0.3) is 0 Å². The summed E-state index contributed by atoms with van der Waals surface area (Å²) in [5, 5.41) is 5.07. The molecule has 3 rings (SSSR count). The van der Waals surface area contributed by atoms with Crippen LogP contribution in [0.1, 0.15) is 33.3 Å². The standard InChI is InChI=1S/C16H16F2N2O2S/c17-12-2-1-9(6-13(12)18)15-14(3-4-22-15)20-7-11-5-10(8-23-11)16(19)21/h1-2,5-6,8,14-15,20H,3-4,7H2,(H2,19,21)/t14-,15+/m1/s1. The Hall–Kier alpha value is -1.83. The van der Waals surface area contributed by atoms with Crippen molar-refractivity contribution in [3.8, 4) is 0 Å². The van der Waals surface area contributed by atoms with Gasteiger partial charge in [-0.1, -0.05) is 6.07 Å². The predicted octanol–water partition coefficient (Wildman–Crippen LogP) is 2.75. The molecule has 0 aliphatic carbocycles. The van der Waals surface area contributed by atoms with E-state index in [1.54, 1.807) is 17.5 Å². The molecule has 0 unspecified atom stereocenters. The van der Waals surface area contributed by atoms with E-state index in [-0.39, 0.29) is 12.1 Å². The molecule has 0 saturated carbocycles. The van der Waals surface area contributed by atoms with Crippen molar-refractivity contribution in [2.24, 2.45) is 5.73 Å². The number of amides is 1. The number of halogens is 2. The van der Waals surface area contributed by atoms with Crippen LogP contribution in [0.2, 0.25) is 0 Å². The molecule has 3 N–H and O–H groups in total. The lowest BCUT2D eigenvalue weighted by Gasteiger charge is -2.20. The van der Waals surface area contributed by atoms with Gasteiger partial charge in [-0.15, -0.1) is 11.3 Å². The zero-order valence-corrected chi connectivity index (χ0v) is 13.0. The fourth-order valence-corrected chi connectivity index (χ4v) is 3.47. The molecule has 0 radical (unpaired) electrons. The summed E-state index contributed by atoms with van der Waals surface area (Å²) in [7, 11) is 0. The highest BCUT2D eigenvalue weighted by molar-refractivity contribution is 7.10. The Morgan fingerprint density at radius 1 is 1.35 bits per heavy atom. The summed E-state index contributed by atoms with van der Waals surface area (Å²) in [5.74, 6) is -2.19. The van der Waals surface area contributed by atoms with Gasteiger partial charge in [-0.05, 0) is 30.2 Å². The molecule has 2 heterocycles. The third-order valence-electron chi connectivity index (χ3n) is 3.84. The van der Waals surface area contributed by atoms with E-state index in [1.165, 1.54) is 17.4 Å². The Morgan fingerprint density at radius 3 is 2.87 bits per heavy atom. The number of carbonyl (C=O) groups is 1. The number of hydrogen-bond acceptors (Lipinski definition) is 4. The molecule has 1 fully saturated rings. The molecule has 2 aromatic rings. The number of benzene rings is 1. The first-order chi connectivity index (χ1) is 11.0. The van der Waals surface area contributed by atoms with E-state index in [9.17, 15) is 13.6 Å². The number of primary amides is 1. The monoisotopic (exact) mass is 338 g/mol. The summed E-state index contributed by atoms with van der Waals surface area (Å²) >= 11 is 1.45. The molecule has 0 spiro atoms. The molecule has 4 nitrogen and oxygen atoms in total. The van der Waals surface area contributed by atoms with Gasteiger partial charge in [-0.25, -0.2) is 8.78 Å². The molecule has 7 heteroatoms. The van der Waals surface area contributed by atoms with Crippen molar-refractivity contribution in [2.45, 2.75) is 25.1 Å². The minimum atomic E-state index is -0.874. The first-order valence-electron chi connectivity index (χ1n) is 7.22. The zero-order chi connectivity index (χ0) is 16.4. The third-order valence-corrected chi connectivity index (χ3v) is 4.78. The normalized spacial score (nSPS) is 20.8. The summed E-state index contributed by atoms with van der Waals surface area (Å²) in [5.41, 5.74) is 6.34. The lowest BCUT2D eigenvalue weighted by molar-refractivity contribution is 0.0981. The van der Waals surface area contributed by atoms with Gasteiger partial charge >= 0.3 is 0 Å². The minimum Gasteiger partial charge on any atom is -0.372 e. The average Bonchev–Trinajstić information content (AvgIpc) is 3.16. The van der Waals surface area contributed by atoms with Gasteiger partial charge in [-0.3, -0.25) is 4.79 Å². The summed E-state index contributed by atoms with van der Waals surface area (Å²) in [6, 6.07) is 5.58. The number of carbonyl (C=O) groups excluding carboxylic acids is 1. The van der Waals surface area contributed by atoms with Crippen molar-refractivity contribution < 1.29 is 18.3 Å². The van der Waals surface area contributed by atoms with E-state index in [0.29, 0.717) is 24.3 Å². The molecule has 0 bridgehead atoms. The molecule has 23 heavy (non-hydrogen) atoms. The van der Waals surface area contributed by atoms with E-state index >= 15 is 0 Å². The second-order valence-electron chi connectivity index (χ2n) is 5.41. The van der Waals surface area contributed by atoms with Crippen LogP contribution in [0.3, 0.4) is 0 Å². The van der Waals surface area contributed by atoms with E-state index in [0.717, 1.165) is 17.4 Å². The van der Waals surface area contributed by atoms with Crippen LogP contribution in [0.15, 0.2) is 29.6 Å². The smallest absolute Gasteiger partial charge is 0.249 e. The highest BCUT2D eigenvalue weighted by atomic mass is 32.1. The first kappa shape index (κ1) is 16.0. The largest absolute Gasteiger partial charge is 0.372 e. The van der Waals surface area contributed by atoms with Crippen molar-refractivity contribution in [3.05, 3.63) is 57.3 Å². The van der Waals surface area contributed by atoms with E-state index in [2.05, 4.69) is 5.32 Å². The van der Waals surface area contributed by atoms with Gasteiger partial charge < -0.3 is 15.8 Å². The van der Waals surface area contributed by atoms with Gasteiger partial charge in [0.1, 0.15) is 0 Å². The van der Waals surface area contributed by atoms with Gasteiger partial charge in [0.25, 0.3) is 0 Å². The van der Waals surface area contributed by atoms with Crippen LogP contribution < -0.4 is 11.1 Å². The van der Waals surface area contributed by atoms with E-state index in [1.807, 2.05) is 0 Å². The van der Waals surface area contributed by atoms with E-state index in [4.69, 9.17) is 10.5 Å². The van der Waals surface area contributed by atoms with Crippen molar-refractivity contribution in [1.29, 1.82) is 0 Å². The Morgan fingerprint density at radius 2 is 2.17 bits per heavy atom. The second kappa shape index (κ2) is 6.74. The quantitative estimate of drug-likeness (QED) is 0.881. The Labute approximate surface area is 136 Å². The van der Waals surface area contributed by atoms with Gasteiger partial charge in [0, 0.05) is 29.5 Å². The average molecular weight is 338 g/mol. The summed E-state index contributed by atoms with van der Waals surface area (Å²) in [6.45, 7) is 1.12. The third kappa shape index (κ3) is 3.57. The van der Waals surface area contributed by atoms with Gasteiger partial charge in [0.2, 0.25) is 5.91 Å². The van der Waals surface area contributed by atoms with E-state index < -0.39 is 17.5 Å². The molecular formula is C16H16F2N2O2S. The van der Waals surface area contributed by atoms with Crippen molar-refractivity contribution in [3.63, 3.8) is 0 Å². The highest BCUT2D eigenvalue weighted by Gasteiger charge is 2.30. The van der Waals surface area contributed by atoms with Crippen LogP contribution >= 0.6 is 11.3 Å². The molecule has 2 atom stereocenters. The van der Waals surface area contributed by atoms with Crippen LogP contribution in [-0.2, 0) is 11.3 Å². The van der Waals surface area contributed by atoms with Gasteiger partial charge in [-0.2, -0.15) is 0 Å². The number of nitrogens with two attached hydrogens (primary N) is 1. The maximum absolute atomic E-state index is 13.4. The maximum Gasteiger partial charge on any atom is 0.249 e. The van der Waals surface area contributed by atoms with Crippen LogP contribution in [0.4, 0.5) is 8.78 Å². The summed E-state index contributed by atoms with van der Waals surface area (Å²) < 4.78 is 32.1. The molecule has 1 aromatic carbocycles. The molecular weight excluding hydrogens is 322 g/mol. The molecule has 1 aliphatic rings. The maximum atomic E-state index is 13.4. The van der Waals surface area contributed by atoms with Crippen molar-refractivity contribution in [2.75, 3.05) is 6.61 Å². The Kier molecular flexibility index (Phi) is 4.70. The molecule has 1 saturated heterocycles. The van der Waals surface area contributed by atoms with Crippen molar-refractivity contribution in [1.82, 2.24) is 5.32 Å². The van der Waals surface area contributed by atoms with Crippen LogP contribution in [0.5, 0.6) is 0 Å². The fraction of sp³-hybridized carbons (Fsp3) is 0.312. The SMILES string of the molecule is NC(=O)c1csc(CN[C@@H]2CCO[C@H]2c2ccc(F)c(F)c2)c1. The Bertz CT molecular complexity index is 720. The lowest BCUT2D eigenvalue weighted by atomic mass is 10.0. The molecule has 1 amide bonds. The second-order valence-corrected chi connectivity index (χ2v) is 6.40. The van der Waals surface area contributed by atoms with Gasteiger partial charge in [0.15, 0.2) is 11.6 Å². The Balaban J connectivity index is 1.66. The predicted molar refractivity (Wildman–Crippen MR) is 83.1 cm³/mol. The topological polar surface area (TPSA) is 64.4 Å². The number of rotatable bonds is 5. The zero-order valence-electron chi connectivity index (χ0n) is 12.2. The minimum absolute atomic E-state index is 0.000936. The summed E-state index contributed by atoms with van der Waals surface area (Å²) in [4.78, 5) is 12.1. The molecule has 122 valence electrons. The number of hydrogen-bond donors (Lipinski definition) is 2. The molecule has 1 aromatic heterocycles.